The molecule has 2 aliphatic rings. The lowest BCUT2D eigenvalue weighted by Gasteiger charge is -2.13. The van der Waals surface area contributed by atoms with Crippen molar-refractivity contribution in [3.8, 4) is 0 Å². The lowest BCUT2D eigenvalue weighted by atomic mass is 10.3. The Morgan fingerprint density at radius 1 is 0.812 bits per heavy atom. The van der Waals surface area contributed by atoms with Gasteiger partial charge in [0.25, 0.3) is 33.7 Å². The van der Waals surface area contributed by atoms with Crippen LogP contribution in [-0.2, 0) is 48.6 Å². The van der Waals surface area contributed by atoms with Gasteiger partial charge in [0.05, 0.1) is 31.5 Å². The third-order valence-corrected chi connectivity index (χ3v) is 3.66. The van der Waals surface area contributed by atoms with Gasteiger partial charge in [-0.25, -0.2) is 9.59 Å². The Morgan fingerprint density at radius 2 is 1.06 bits per heavy atom. The molecule has 15 nitrogen and oxygen atoms in total. The van der Waals surface area contributed by atoms with Crippen molar-refractivity contribution in [2.45, 2.75) is 38.5 Å². The molecule has 0 aromatic carbocycles. The summed E-state index contributed by atoms with van der Waals surface area (Å²) >= 11 is 0. The van der Waals surface area contributed by atoms with E-state index in [-0.39, 0.29) is 38.9 Å². The number of hydroxylamine groups is 4. The van der Waals surface area contributed by atoms with Crippen LogP contribution in [0.2, 0.25) is 0 Å². The molecular weight excluding hydrogens is 460 g/mol. The number of hydrogen-bond donors (Lipinski definition) is 3. The lowest BCUT2D eigenvalue weighted by molar-refractivity contribution is -0.201. The van der Waals surface area contributed by atoms with Crippen molar-refractivity contribution in [3.63, 3.8) is 0 Å². The first-order chi connectivity index (χ1) is 14.9. The number of carbonyl (C=O) groups is 6. The maximum Gasteiger partial charge on any atom is 0.333 e. The van der Waals surface area contributed by atoms with Crippen molar-refractivity contribution in [2.24, 2.45) is 0 Å². The summed E-state index contributed by atoms with van der Waals surface area (Å²) in [5, 5.41) is 16.4. The highest BCUT2D eigenvalue weighted by atomic mass is 32.2. The smallest absolute Gasteiger partial charge is 0.333 e. The van der Waals surface area contributed by atoms with Crippen molar-refractivity contribution in [1.29, 1.82) is 0 Å². The predicted molar refractivity (Wildman–Crippen MR) is 99.5 cm³/mol. The molecule has 2 heterocycles. The fourth-order valence-electron chi connectivity index (χ4n) is 1.81. The Balaban J connectivity index is 0.000000806. The van der Waals surface area contributed by atoms with Crippen LogP contribution in [0, 0.1) is 0 Å². The maximum absolute atomic E-state index is 11.4. The summed E-state index contributed by atoms with van der Waals surface area (Å²) < 4.78 is 26.6. The van der Waals surface area contributed by atoms with Gasteiger partial charge in [0.15, 0.2) is 0 Å². The Kier molecular flexibility index (Phi) is 12.6. The van der Waals surface area contributed by atoms with Gasteiger partial charge in [-0.2, -0.15) is 8.42 Å². The van der Waals surface area contributed by atoms with Gasteiger partial charge in [-0.1, -0.05) is 6.58 Å². The minimum absolute atomic E-state index is 0.0344. The van der Waals surface area contributed by atoms with Crippen LogP contribution in [0.25, 0.3) is 0 Å². The van der Waals surface area contributed by atoms with Crippen LogP contribution in [0.3, 0.4) is 0 Å². The van der Waals surface area contributed by atoms with Crippen LogP contribution in [0.4, 0.5) is 0 Å². The molecule has 0 atom stereocenters. The molecule has 2 saturated heterocycles. The number of hydrogen-bond acceptors (Lipinski definition) is 12. The molecule has 0 bridgehead atoms. The summed E-state index contributed by atoms with van der Waals surface area (Å²) in [6, 6.07) is 0. The summed E-state index contributed by atoms with van der Waals surface area (Å²) in [4.78, 5) is 76.8. The van der Waals surface area contributed by atoms with E-state index < -0.39 is 58.5 Å². The Bertz CT molecular complexity index is 756. The average molecular weight is 482 g/mol. The molecule has 2 rings (SSSR count). The number of rotatable bonds is 7. The topological polar surface area (TPSA) is 222 Å². The fourth-order valence-corrected chi connectivity index (χ4v) is 1.81. The lowest BCUT2D eigenvalue weighted by Crippen LogP contribution is -2.33. The van der Waals surface area contributed by atoms with Gasteiger partial charge < -0.3 is 19.9 Å². The van der Waals surface area contributed by atoms with E-state index in [1.165, 1.54) is 0 Å². The van der Waals surface area contributed by atoms with E-state index in [1.807, 2.05) is 0 Å². The highest BCUT2D eigenvalue weighted by Crippen LogP contribution is 2.15. The molecule has 3 N–H and O–H groups in total. The van der Waals surface area contributed by atoms with Gasteiger partial charge in [0.1, 0.15) is 0 Å². The molecule has 16 heteroatoms. The van der Waals surface area contributed by atoms with Crippen molar-refractivity contribution in [1.82, 2.24) is 10.1 Å². The Labute approximate surface area is 181 Å². The van der Waals surface area contributed by atoms with Gasteiger partial charge in [-0.05, 0) is 0 Å². The van der Waals surface area contributed by atoms with E-state index >= 15 is 0 Å². The van der Waals surface area contributed by atoms with Gasteiger partial charge in [0.2, 0.25) is 0 Å². The molecule has 0 spiro atoms. The van der Waals surface area contributed by atoms with E-state index in [0.717, 1.165) is 0 Å². The molecule has 4 amide bonds. The third kappa shape index (κ3) is 11.3. The number of aliphatic hydroxyl groups is 2. The number of aliphatic hydroxyl groups excluding tert-OH is 2. The molecule has 0 aromatic rings. The molecule has 0 aromatic heterocycles. The quantitative estimate of drug-likeness (QED) is 0.263. The van der Waals surface area contributed by atoms with Crippen molar-refractivity contribution >= 4 is 45.7 Å². The van der Waals surface area contributed by atoms with E-state index in [2.05, 4.69) is 16.3 Å². The van der Waals surface area contributed by atoms with Crippen LogP contribution in [0.5, 0.6) is 0 Å². The predicted octanol–water partition coefficient (Wildman–Crippen LogP) is -2.03. The minimum atomic E-state index is -3.90. The zero-order valence-corrected chi connectivity index (χ0v) is 17.5. The average Bonchev–Trinajstić information content (AvgIpc) is 3.22. The van der Waals surface area contributed by atoms with Crippen LogP contribution in [0.15, 0.2) is 12.0 Å². The van der Waals surface area contributed by atoms with Gasteiger partial charge >= 0.3 is 11.9 Å². The molecule has 180 valence electrons. The van der Waals surface area contributed by atoms with E-state index in [0.29, 0.717) is 15.5 Å². The Morgan fingerprint density at radius 3 is 1.25 bits per heavy atom. The molecular formula is C16H22N2O13S. The first-order valence-corrected chi connectivity index (χ1v) is 10.3. The van der Waals surface area contributed by atoms with Crippen molar-refractivity contribution in [2.75, 3.05) is 13.2 Å². The van der Waals surface area contributed by atoms with Gasteiger partial charge in [-0.15, -0.1) is 10.1 Å². The van der Waals surface area contributed by atoms with Crippen LogP contribution in [0.1, 0.15) is 38.5 Å². The molecule has 0 radical (unpaired) electrons. The first-order valence-electron chi connectivity index (χ1n) is 8.81. The summed E-state index contributed by atoms with van der Waals surface area (Å²) in [7, 11) is -3.90. The molecule has 32 heavy (non-hydrogen) atoms. The second-order valence-corrected chi connectivity index (χ2v) is 7.08. The summed E-state index contributed by atoms with van der Waals surface area (Å²) in [5.74, 6) is -4.47. The molecule has 2 fully saturated rings. The summed E-state index contributed by atoms with van der Waals surface area (Å²) in [6.45, 7) is 2.54. The van der Waals surface area contributed by atoms with Crippen LogP contribution < -0.4 is 0 Å². The summed E-state index contributed by atoms with van der Waals surface area (Å²) in [6.07, 6.45) is -1.07. The highest BCUT2D eigenvalue weighted by molar-refractivity contribution is 7.88. The zero-order chi connectivity index (χ0) is 24.9. The molecule has 0 saturated carbocycles. The van der Waals surface area contributed by atoms with Crippen LogP contribution >= 0.6 is 0 Å². The first kappa shape index (κ1) is 28.8. The highest BCUT2D eigenvalue weighted by Gasteiger charge is 2.34. The van der Waals surface area contributed by atoms with Crippen molar-refractivity contribution < 1.29 is 61.6 Å². The van der Waals surface area contributed by atoms with Gasteiger partial charge in [0, 0.05) is 25.7 Å². The molecule has 0 unspecified atom stereocenters. The normalized spacial score (nSPS) is 15.5. The van der Waals surface area contributed by atoms with E-state index in [1.54, 1.807) is 0 Å². The largest absolute Gasteiger partial charge is 0.394 e. The second kappa shape index (κ2) is 14.0. The molecule has 2 aliphatic heterocycles. The minimum Gasteiger partial charge on any atom is -0.394 e. The summed E-state index contributed by atoms with van der Waals surface area (Å²) in [5.41, 5.74) is 0. The third-order valence-electron chi connectivity index (χ3n) is 3.24. The van der Waals surface area contributed by atoms with Crippen LogP contribution in [-0.4, -0.2) is 82.1 Å². The number of nitrogens with zero attached hydrogens (tertiary/aromatic N) is 2. The standard InChI is InChI=1S/C12H12N2O8.C2H4O3S.C2H6O2/c15-7-1-2-8(16)13(7)21-11(19)5-6-12(20)22-14-9(17)3-4-10(14)18;1-2-6(3,4)5;3-1-2-4/h1-6H2;2H,1H2,(H,3,4,5);3-4H,1-2H2. The van der Waals surface area contributed by atoms with E-state index in [4.69, 9.17) is 14.8 Å². The van der Waals surface area contributed by atoms with Crippen molar-refractivity contribution in [3.05, 3.63) is 12.0 Å². The number of imide groups is 2. The number of amides is 4. The van der Waals surface area contributed by atoms with Gasteiger partial charge in [-0.3, -0.25) is 23.7 Å². The van der Waals surface area contributed by atoms with E-state index in [9.17, 15) is 37.2 Å². The number of carbonyl (C=O) groups excluding carboxylic acids is 6. The Hall–Kier alpha value is -3.21. The molecule has 0 aliphatic carbocycles. The SMILES string of the molecule is C=CS(=O)(=O)O.O=C(CCC(=O)ON1C(=O)CCC1=O)ON1C(=O)CCC1=O.OCCO. The maximum atomic E-state index is 11.4. The fraction of sp³-hybridized carbons (Fsp3) is 0.500. The zero-order valence-electron chi connectivity index (χ0n) is 16.7. The second-order valence-electron chi connectivity index (χ2n) is 5.72. The monoisotopic (exact) mass is 482 g/mol.